The van der Waals surface area contributed by atoms with Crippen LogP contribution < -0.4 is 10.9 Å². The third-order valence-corrected chi connectivity index (χ3v) is 4.06. The molecule has 120 valence electrons. The van der Waals surface area contributed by atoms with Gasteiger partial charge in [-0.05, 0) is 32.4 Å². The van der Waals surface area contributed by atoms with Crippen molar-refractivity contribution in [2.45, 2.75) is 39.8 Å². The normalized spacial score (nSPS) is 12.7. The van der Waals surface area contributed by atoms with Gasteiger partial charge in [-0.1, -0.05) is 19.1 Å². The van der Waals surface area contributed by atoms with Crippen molar-refractivity contribution in [1.29, 1.82) is 0 Å². The molecular formula is C17H20N4O2. The summed E-state index contributed by atoms with van der Waals surface area (Å²) in [6.45, 7) is 6.04. The quantitative estimate of drug-likeness (QED) is 0.799. The van der Waals surface area contributed by atoms with Gasteiger partial charge in [0.2, 0.25) is 5.91 Å². The molecule has 0 spiro atoms. The average molecular weight is 312 g/mol. The van der Waals surface area contributed by atoms with Gasteiger partial charge in [0.15, 0.2) is 5.65 Å². The van der Waals surface area contributed by atoms with Gasteiger partial charge >= 0.3 is 0 Å². The fourth-order valence-corrected chi connectivity index (χ4v) is 2.78. The van der Waals surface area contributed by atoms with Crippen LogP contribution in [-0.2, 0) is 11.3 Å². The monoisotopic (exact) mass is 312 g/mol. The largest absolute Gasteiger partial charge is 0.352 e. The number of nitrogens with one attached hydrogen (secondary N) is 1. The Kier molecular flexibility index (Phi) is 3.90. The second-order valence-electron chi connectivity index (χ2n) is 5.82. The summed E-state index contributed by atoms with van der Waals surface area (Å²) >= 11 is 0. The maximum Gasteiger partial charge on any atom is 0.273 e. The highest BCUT2D eigenvalue weighted by atomic mass is 16.2. The first-order chi connectivity index (χ1) is 11.0. The molecule has 0 fully saturated rings. The topological polar surface area (TPSA) is 68.4 Å². The Hall–Kier alpha value is -2.63. The van der Waals surface area contributed by atoms with E-state index in [9.17, 15) is 9.59 Å². The van der Waals surface area contributed by atoms with Crippen LogP contribution in [-0.4, -0.2) is 26.1 Å². The summed E-state index contributed by atoms with van der Waals surface area (Å²) in [5, 5.41) is 3.84. The fourth-order valence-electron chi connectivity index (χ4n) is 2.78. The van der Waals surface area contributed by atoms with Gasteiger partial charge in [0.1, 0.15) is 6.54 Å². The zero-order valence-electron chi connectivity index (χ0n) is 13.5. The molecule has 1 unspecified atom stereocenters. The molecule has 0 saturated carbocycles. The molecule has 0 aliphatic rings. The predicted octanol–water partition coefficient (Wildman–Crippen LogP) is 1.87. The van der Waals surface area contributed by atoms with Crippen LogP contribution in [0.1, 0.15) is 26.0 Å². The smallest absolute Gasteiger partial charge is 0.273 e. The molecular weight excluding hydrogens is 292 g/mol. The molecule has 0 bridgehead atoms. The highest BCUT2D eigenvalue weighted by molar-refractivity contribution is 5.93. The van der Waals surface area contributed by atoms with E-state index in [2.05, 4.69) is 10.3 Å². The Labute approximate surface area is 133 Å². The number of para-hydroxylation sites is 1. The Morgan fingerprint density at radius 1 is 1.35 bits per heavy atom. The van der Waals surface area contributed by atoms with Gasteiger partial charge in [-0.2, -0.15) is 4.98 Å². The fraction of sp³-hybridized carbons (Fsp3) is 0.353. The van der Waals surface area contributed by atoms with E-state index >= 15 is 0 Å². The van der Waals surface area contributed by atoms with Crippen molar-refractivity contribution in [2.75, 3.05) is 0 Å². The number of nitrogens with zero attached hydrogens (tertiary/aromatic N) is 3. The van der Waals surface area contributed by atoms with Crippen molar-refractivity contribution >= 4 is 22.5 Å². The Bertz CT molecular complexity index is 939. The van der Waals surface area contributed by atoms with Crippen molar-refractivity contribution < 1.29 is 4.79 Å². The van der Waals surface area contributed by atoms with Crippen molar-refractivity contribution in [2.24, 2.45) is 0 Å². The number of hydrogen-bond donors (Lipinski definition) is 1. The van der Waals surface area contributed by atoms with Crippen LogP contribution in [0.2, 0.25) is 0 Å². The number of carbonyl (C=O) groups is 1. The molecule has 0 radical (unpaired) electrons. The second-order valence-corrected chi connectivity index (χ2v) is 5.82. The number of fused-ring (bicyclic) bond motifs is 3. The minimum atomic E-state index is -0.269. The number of aromatic nitrogens is 3. The van der Waals surface area contributed by atoms with Crippen LogP contribution in [0.15, 0.2) is 35.1 Å². The number of benzene rings is 1. The molecule has 3 rings (SSSR count). The lowest BCUT2D eigenvalue weighted by Crippen LogP contribution is -2.35. The molecule has 1 N–H and O–H groups in total. The van der Waals surface area contributed by atoms with Crippen LogP contribution in [0.3, 0.4) is 0 Å². The van der Waals surface area contributed by atoms with Crippen LogP contribution in [0, 0.1) is 6.92 Å². The first-order valence-electron chi connectivity index (χ1n) is 7.78. The molecule has 2 heterocycles. The van der Waals surface area contributed by atoms with Gasteiger partial charge in [0, 0.05) is 23.2 Å². The molecule has 6 heteroatoms. The highest BCUT2D eigenvalue weighted by Gasteiger charge is 2.16. The number of rotatable bonds is 4. The maximum atomic E-state index is 12.3. The van der Waals surface area contributed by atoms with Crippen LogP contribution >= 0.6 is 0 Å². The van der Waals surface area contributed by atoms with Gasteiger partial charge in [-0.25, -0.2) is 4.52 Å². The van der Waals surface area contributed by atoms with Gasteiger partial charge in [-0.3, -0.25) is 14.3 Å². The summed E-state index contributed by atoms with van der Waals surface area (Å²) in [6.07, 6.45) is 0.881. The zero-order valence-corrected chi connectivity index (χ0v) is 13.5. The Balaban J connectivity index is 2.18. The maximum absolute atomic E-state index is 12.3. The van der Waals surface area contributed by atoms with Crippen LogP contribution in [0.5, 0.6) is 0 Å². The summed E-state index contributed by atoms with van der Waals surface area (Å²) in [6, 6.07) is 9.28. The molecule has 0 saturated heterocycles. The minimum Gasteiger partial charge on any atom is -0.352 e. The molecule has 0 aliphatic heterocycles. The van der Waals surface area contributed by atoms with E-state index < -0.39 is 0 Å². The van der Waals surface area contributed by atoms with Gasteiger partial charge in [-0.15, -0.1) is 0 Å². The second kappa shape index (κ2) is 5.87. The van der Waals surface area contributed by atoms with Gasteiger partial charge < -0.3 is 5.32 Å². The molecule has 3 aromatic rings. The summed E-state index contributed by atoms with van der Waals surface area (Å²) in [4.78, 5) is 28.2. The van der Waals surface area contributed by atoms with Gasteiger partial charge in [0.05, 0.1) is 5.52 Å². The lowest BCUT2D eigenvalue weighted by molar-refractivity contribution is -0.122. The Morgan fingerprint density at radius 2 is 2.09 bits per heavy atom. The lowest BCUT2D eigenvalue weighted by Gasteiger charge is -2.14. The van der Waals surface area contributed by atoms with E-state index in [1.807, 2.05) is 54.2 Å². The van der Waals surface area contributed by atoms with Crippen molar-refractivity contribution in [3.63, 3.8) is 0 Å². The number of hydrogen-bond acceptors (Lipinski definition) is 3. The SMILES string of the molecule is CCC(C)NC(=O)Cn1c2ccccc2c2nc(=O)cc(C)n21. The molecule has 2 aromatic heterocycles. The summed E-state index contributed by atoms with van der Waals surface area (Å²) in [7, 11) is 0. The first-order valence-corrected chi connectivity index (χ1v) is 7.78. The van der Waals surface area contributed by atoms with E-state index in [0.29, 0.717) is 5.65 Å². The molecule has 1 aromatic carbocycles. The molecule has 0 aliphatic carbocycles. The number of amides is 1. The third-order valence-electron chi connectivity index (χ3n) is 4.06. The highest BCUT2D eigenvalue weighted by Crippen LogP contribution is 2.21. The molecule has 23 heavy (non-hydrogen) atoms. The zero-order chi connectivity index (χ0) is 16.6. The summed E-state index contributed by atoms with van der Waals surface area (Å²) < 4.78 is 3.70. The first kappa shape index (κ1) is 15.3. The molecule has 1 atom stereocenters. The standard InChI is InChI=1S/C17H20N4O2/c1-4-11(2)18-16(23)10-20-14-8-6-5-7-13(14)17-19-15(22)9-12(3)21(17)20/h5-9,11H,4,10H2,1-3H3,(H,18,23). The number of aryl methyl sites for hydroxylation is 1. The van der Waals surface area contributed by atoms with Crippen LogP contribution in [0.25, 0.3) is 16.6 Å². The van der Waals surface area contributed by atoms with E-state index in [1.54, 1.807) is 0 Å². The van der Waals surface area contributed by atoms with Crippen LogP contribution in [0.4, 0.5) is 0 Å². The van der Waals surface area contributed by atoms with Crippen molar-refractivity contribution in [1.82, 2.24) is 19.5 Å². The lowest BCUT2D eigenvalue weighted by atomic mass is 10.2. The Morgan fingerprint density at radius 3 is 2.83 bits per heavy atom. The van der Waals surface area contributed by atoms with Gasteiger partial charge in [0.25, 0.3) is 5.56 Å². The molecule has 1 amide bonds. The number of carbonyl (C=O) groups excluding carboxylic acids is 1. The van der Waals surface area contributed by atoms with E-state index in [4.69, 9.17) is 0 Å². The average Bonchev–Trinajstić information content (AvgIpc) is 2.81. The van der Waals surface area contributed by atoms with E-state index in [-0.39, 0.29) is 24.1 Å². The van der Waals surface area contributed by atoms with Crippen molar-refractivity contribution in [3.05, 3.63) is 46.4 Å². The van der Waals surface area contributed by atoms with E-state index in [0.717, 1.165) is 23.0 Å². The van der Waals surface area contributed by atoms with Crippen molar-refractivity contribution in [3.8, 4) is 0 Å². The minimum absolute atomic E-state index is 0.0555. The summed E-state index contributed by atoms with van der Waals surface area (Å²) in [5.74, 6) is -0.0555. The third kappa shape index (κ3) is 2.72. The predicted molar refractivity (Wildman–Crippen MR) is 89.6 cm³/mol. The molecule has 6 nitrogen and oxygen atoms in total. The summed E-state index contributed by atoms with van der Waals surface area (Å²) in [5.41, 5.74) is 1.96. The van der Waals surface area contributed by atoms with E-state index in [1.165, 1.54) is 6.07 Å².